The minimum atomic E-state index is -0.264. The molecule has 4 nitrogen and oxygen atoms in total. The van der Waals surface area contributed by atoms with Crippen molar-refractivity contribution in [3.8, 4) is 0 Å². The Kier molecular flexibility index (Phi) is 6.32. The SMILES string of the molecule is CCOCCCNC(=O)NC1CCSc2ccc(F)cc21. The van der Waals surface area contributed by atoms with Crippen molar-refractivity contribution >= 4 is 17.8 Å². The molecule has 0 fully saturated rings. The molecule has 0 aliphatic carbocycles. The summed E-state index contributed by atoms with van der Waals surface area (Å²) in [4.78, 5) is 12.9. The van der Waals surface area contributed by atoms with Crippen LogP contribution in [0.1, 0.15) is 31.4 Å². The smallest absolute Gasteiger partial charge is 0.315 e. The first-order valence-electron chi connectivity index (χ1n) is 7.25. The molecule has 2 N–H and O–H groups in total. The van der Waals surface area contributed by atoms with Crippen LogP contribution in [0.2, 0.25) is 0 Å². The summed E-state index contributed by atoms with van der Waals surface area (Å²) in [6, 6.07) is 4.43. The van der Waals surface area contributed by atoms with E-state index in [4.69, 9.17) is 4.74 Å². The first-order valence-corrected chi connectivity index (χ1v) is 8.23. The van der Waals surface area contributed by atoms with Gasteiger partial charge in [0, 0.05) is 30.4 Å². The predicted octanol–water partition coefficient (Wildman–Crippen LogP) is 3.09. The highest BCUT2D eigenvalue weighted by Crippen LogP contribution is 2.36. The molecule has 1 aromatic rings. The van der Waals surface area contributed by atoms with Gasteiger partial charge in [0.25, 0.3) is 0 Å². The predicted molar refractivity (Wildman–Crippen MR) is 82.1 cm³/mol. The van der Waals surface area contributed by atoms with Gasteiger partial charge in [0.2, 0.25) is 0 Å². The molecular weight excluding hydrogens is 291 g/mol. The summed E-state index contributed by atoms with van der Waals surface area (Å²) in [5.74, 6) is 0.661. The minimum absolute atomic E-state index is 0.121. The summed E-state index contributed by atoms with van der Waals surface area (Å²) >= 11 is 1.70. The molecule has 1 unspecified atom stereocenters. The first-order chi connectivity index (χ1) is 10.2. The lowest BCUT2D eigenvalue weighted by Gasteiger charge is -2.26. The van der Waals surface area contributed by atoms with E-state index in [1.807, 2.05) is 6.92 Å². The summed E-state index contributed by atoms with van der Waals surface area (Å²) in [7, 11) is 0. The van der Waals surface area contributed by atoms with Gasteiger partial charge in [0.1, 0.15) is 5.82 Å². The quantitative estimate of drug-likeness (QED) is 0.794. The molecule has 0 radical (unpaired) electrons. The van der Waals surface area contributed by atoms with Crippen LogP contribution in [0.5, 0.6) is 0 Å². The number of amides is 2. The van der Waals surface area contributed by atoms with E-state index in [1.54, 1.807) is 17.8 Å². The lowest BCUT2D eigenvalue weighted by atomic mass is 10.0. The van der Waals surface area contributed by atoms with Gasteiger partial charge in [-0.15, -0.1) is 11.8 Å². The van der Waals surface area contributed by atoms with Crippen LogP contribution in [-0.4, -0.2) is 31.5 Å². The fourth-order valence-corrected chi connectivity index (χ4v) is 3.35. The van der Waals surface area contributed by atoms with E-state index in [0.717, 1.165) is 29.1 Å². The van der Waals surface area contributed by atoms with Gasteiger partial charge in [-0.1, -0.05) is 0 Å². The van der Waals surface area contributed by atoms with Gasteiger partial charge in [0.05, 0.1) is 6.04 Å². The Morgan fingerprint density at radius 2 is 2.38 bits per heavy atom. The van der Waals surface area contributed by atoms with Crippen molar-refractivity contribution < 1.29 is 13.9 Å². The van der Waals surface area contributed by atoms with Crippen molar-refractivity contribution in [2.45, 2.75) is 30.7 Å². The lowest BCUT2D eigenvalue weighted by Crippen LogP contribution is -2.39. The molecule has 0 aromatic heterocycles. The van der Waals surface area contributed by atoms with Crippen LogP contribution in [0.3, 0.4) is 0 Å². The van der Waals surface area contributed by atoms with Crippen LogP contribution in [0.4, 0.5) is 9.18 Å². The Hall–Kier alpha value is -1.27. The van der Waals surface area contributed by atoms with Gasteiger partial charge in [-0.3, -0.25) is 0 Å². The van der Waals surface area contributed by atoms with Gasteiger partial charge in [-0.25, -0.2) is 9.18 Å². The molecule has 6 heteroatoms. The molecule has 0 saturated heterocycles. The zero-order valence-corrected chi connectivity index (χ0v) is 13.0. The summed E-state index contributed by atoms with van der Waals surface area (Å²) in [6.45, 7) is 3.85. The Labute approximate surface area is 128 Å². The standard InChI is InChI=1S/C15H21FN2O2S/c1-2-20-8-3-7-17-15(19)18-13-6-9-21-14-5-4-11(16)10-12(13)14/h4-5,10,13H,2-3,6-9H2,1H3,(H2,17,18,19). The fourth-order valence-electron chi connectivity index (χ4n) is 2.24. The number of hydrogen-bond donors (Lipinski definition) is 2. The first kappa shape index (κ1) is 16.1. The highest BCUT2D eigenvalue weighted by atomic mass is 32.2. The summed E-state index contributed by atoms with van der Waals surface area (Å²) in [5, 5.41) is 5.73. The summed E-state index contributed by atoms with van der Waals surface area (Å²) in [5.41, 5.74) is 0.871. The number of carbonyl (C=O) groups excluding carboxylic acids is 1. The lowest BCUT2D eigenvalue weighted by molar-refractivity contribution is 0.145. The molecule has 2 amide bonds. The van der Waals surface area contributed by atoms with Gasteiger partial charge < -0.3 is 15.4 Å². The molecular formula is C15H21FN2O2S. The number of fused-ring (bicyclic) bond motifs is 1. The maximum atomic E-state index is 13.4. The van der Waals surface area contributed by atoms with Crippen LogP contribution in [-0.2, 0) is 4.74 Å². The van der Waals surface area contributed by atoms with Crippen molar-refractivity contribution in [1.29, 1.82) is 0 Å². The van der Waals surface area contributed by atoms with Crippen LogP contribution in [0.25, 0.3) is 0 Å². The van der Waals surface area contributed by atoms with Crippen molar-refractivity contribution in [1.82, 2.24) is 10.6 Å². The van der Waals surface area contributed by atoms with Crippen molar-refractivity contribution in [3.63, 3.8) is 0 Å². The van der Waals surface area contributed by atoms with E-state index in [9.17, 15) is 9.18 Å². The van der Waals surface area contributed by atoms with E-state index >= 15 is 0 Å². The van der Waals surface area contributed by atoms with Gasteiger partial charge in [-0.2, -0.15) is 0 Å². The monoisotopic (exact) mass is 312 g/mol. The maximum Gasteiger partial charge on any atom is 0.315 e. The highest BCUT2D eigenvalue weighted by molar-refractivity contribution is 7.99. The van der Waals surface area contributed by atoms with E-state index in [1.165, 1.54) is 12.1 Å². The van der Waals surface area contributed by atoms with Crippen LogP contribution in [0.15, 0.2) is 23.1 Å². The second kappa shape index (κ2) is 8.24. The average molecular weight is 312 g/mol. The second-order valence-electron chi connectivity index (χ2n) is 4.82. The zero-order valence-electron chi connectivity index (χ0n) is 12.2. The largest absolute Gasteiger partial charge is 0.382 e. The van der Waals surface area contributed by atoms with Gasteiger partial charge in [-0.05, 0) is 43.5 Å². The second-order valence-corrected chi connectivity index (χ2v) is 5.96. The Balaban J connectivity index is 1.83. The number of urea groups is 1. The van der Waals surface area contributed by atoms with Crippen molar-refractivity contribution in [2.24, 2.45) is 0 Å². The van der Waals surface area contributed by atoms with E-state index in [2.05, 4.69) is 10.6 Å². The highest BCUT2D eigenvalue weighted by Gasteiger charge is 2.22. The third kappa shape index (κ3) is 4.89. The summed E-state index contributed by atoms with van der Waals surface area (Å²) < 4.78 is 18.6. The van der Waals surface area contributed by atoms with E-state index in [-0.39, 0.29) is 17.9 Å². The molecule has 1 aromatic carbocycles. The molecule has 0 bridgehead atoms. The molecule has 21 heavy (non-hydrogen) atoms. The molecule has 2 rings (SSSR count). The average Bonchev–Trinajstić information content (AvgIpc) is 2.48. The summed E-state index contributed by atoms with van der Waals surface area (Å²) in [6.07, 6.45) is 1.60. The molecule has 0 spiro atoms. The molecule has 1 aliphatic rings. The zero-order chi connectivity index (χ0) is 15.1. The Morgan fingerprint density at radius 1 is 1.52 bits per heavy atom. The van der Waals surface area contributed by atoms with Crippen LogP contribution in [0, 0.1) is 5.82 Å². The third-order valence-corrected chi connectivity index (χ3v) is 4.39. The number of hydrogen-bond acceptors (Lipinski definition) is 3. The van der Waals surface area contributed by atoms with Gasteiger partial charge in [0.15, 0.2) is 0 Å². The van der Waals surface area contributed by atoms with Crippen molar-refractivity contribution in [3.05, 3.63) is 29.6 Å². The van der Waals surface area contributed by atoms with Crippen molar-refractivity contribution in [2.75, 3.05) is 25.5 Å². The third-order valence-electron chi connectivity index (χ3n) is 3.27. The number of ether oxygens (including phenoxy) is 1. The molecule has 0 saturated carbocycles. The van der Waals surface area contributed by atoms with Crippen LogP contribution < -0.4 is 10.6 Å². The van der Waals surface area contributed by atoms with Crippen LogP contribution >= 0.6 is 11.8 Å². The number of halogens is 1. The Morgan fingerprint density at radius 3 is 3.19 bits per heavy atom. The number of benzene rings is 1. The Bertz CT molecular complexity index is 485. The normalized spacial score (nSPS) is 17.1. The van der Waals surface area contributed by atoms with E-state index in [0.29, 0.717) is 19.8 Å². The minimum Gasteiger partial charge on any atom is -0.382 e. The number of thioether (sulfide) groups is 1. The topological polar surface area (TPSA) is 50.4 Å². The molecule has 1 atom stereocenters. The molecule has 1 heterocycles. The molecule has 1 aliphatic heterocycles. The number of carbonyl (C=O) groups is 1. The van der Waals surface area contributed by atoms with Gasteiger partial charge >= 0.3 is 6.03 Å². The molecule has 116 valence electrons. The number of nitrogens with one attached hydrogen (secondary N) is 2. The fraction of sp³-hybridized carbons (Fsp3) is 0.533. The maximum absolute atomic E-state index is 13.4. The number of rotatable bonds is 6. The van der Waals surface area contributed by atoms with E-state index < -0.39 is 0 Å².